The van der Waals surface area contributed by atoms with Gasteiger partial charge in [0.05, 0.1) is 35.7 Å². The molecule has 2 heterocycles. The van der Waals surface area contributed by atoms with Crippen molar-refractivity contribution in [3.05, 3.63) is 58.7 Å². The van der Waals surface area contributed by atoms with Crippen LogP contribution in [0.25, 0.3) is 10.9 Å². The van der Waals surface area contributed by atoms with E-state index in [9.17, 15) is 36.6 Å². The van der Waals surface area contributed by atoms with Crippen LogP contribution in [0.4, 0.5) is 24.5 Å². The van der Waals surface area contributed by atoms with Crippen LogP contribution in [0.2, 0.25) is 5.02 Å². The predicted molar refractivity (Wildman–Crippen MR) is 124 cm³/mol. The summed E-state index contributed by atoms with van der Waals surface area (Å²) in [5.74, 6) is -1.59. The van der Waals surface area contributed by atoms with Crippen molar-refractivity contribution >= 4 is 49.9 Å². The van der Waals surface area contributed by atoms with Crippen LogP contribution in [0.1, 0.15) is 22.0 Å². The summed E-state index contributed by atoms with van der Waals surface area (Å²) in [5, 5.41) is 22.5. The van der Waals surface area contributed by atoms with Crippen molar-refractivity contribution in [2.45, 2.75) is 17.2 Å². The predicted octanol–water partition coefficient (Wildman–Crippen LogP) is 3.95. The molecule has 1 atom stereocenters. The van der Waals surface area contributed by atoms with E-state index in [1.54, 1.807) is 0 Å². The van der Waals surface area contributed by atoms with E-state index in [2.05, 4.69) is 10.3 Å². The van der Waals surface area contributed by atoms with Crippen molar-refractivity contribution < 1.29 is 41.3 Å². The number of carboxylic acid groups (broad SMARTS) is 1. The number of anilines is 2. The number of carbonyl (C=O) groups is 1. The lowest BCUT2D eigenvalue weighted by Gasteiger charge is -2.27. The fraction of sp³-hybridized carbons (Fsp3) is 0.273. The quantitative estimate of drug-likeness (QED) is 0.425. The summed E-state index contributed by atoms with van der Waals surface area (Å²) in [4.78, 5) is 15.8. The highest BCUT2D eigenvalue weighted by molar-refractivity contribution is 7.89. The maximum absolute atomic E-state index is 13.5. The van der Waals surface area contributed by atoms with Gasteiger partial charge in [0.25, 0.3) is 0 Å². The van der Waals surface area contributed by atoms with Crippen LogP contribution in [0.15, 0.2) is 47.5 Å². The van der Waals surface area contributed by atoms with Gasteiger partial charge in [-0.15, -0.1) is 0 Å². The van der Waals surface area contributed by atoms with Gasteiger partial charge < -0.3 is 20.3 Å². The molecular weight excluding hydrogens is 527 g/mol. The fourth-order valence-electron chi connectivity index (χ4n) is 3.74. The minimum Gasteiger partial charge on any atom is -0.478 e. The number of alkyl halides is 3. The number of ether oxygens (including phenoxy) is 1. The van der Waals surface area contributed by atoms with Crippen LogP contribution in [-0.4, -0.2) is 66.4 Å². The highest BCUT2D eigenvalue weighted by atomic mass is 35.5. The Morgan fingerprint density at radius 1 is 1.17 bits per heavy atom. The number of rotatable bonds is 6. The number of nitrogens with one attached hydrogen (secondary N) is 1. The zero-order valence-electron chi connectivity index (χ0n) is 18.3. The summed E-state index contributed by atoms with van der Waals surface area (Å²) in [7, 11) is -4.14. The first-order valence-electron chi connectivity index (χ1n) is 10.4. The normalized spacial score (nSPS) is 16.1. The number of aliphatic hydroxyl groups excluding tert-OH is 1. The van der Waals surface area contributed by atoms with Gasteiger partial charge in [-0.05, 0) is 35.9 Å². The smallest absolute Gasteiger partial charge is 0.418 e. The highest BCUT2D eigenvalue weighted by Gasteiger charge is 2.40. The van der Waals surface area contributed by atoms with E-state index in [0.29, 0.717) is 11.6 Å². The molecule has 1 unspecified atom stereocenters. The van der Waals surface area contributed by atoms with Crippen LogP contribution in [0.5, 0.6) is 0 Å². The number of carboxylic acids is 1. The van der Waals surface area contributed by atoms with Gasteiger partial charge in [0.15, 0.2) is 6.10 Å². The van der Waals surface area contributed by atoms with Gasteiger partial charge in [0.2, 0.25) is 10.0 Å². The number of aromatic nitrogens is 1. The Hall–Kier alpha value is -2.97. The molecule has 1 saturated heterocycles. The van der Waals surface area contributed by atoms with Crippen molar-refractivity contribution in [1.82, 2.24) is 9.29 Å². The third kappa shape index (κ3) is 5.11. The lowest BCUT2D eigenvalue weighted by atomic mass is 10.0. The average molecular weight is 546 g/mol. The number of fused-ring (bicyclic) bond motifs is 1. The first-order valence-corrected chi connectivity index (χ1v) is 12.3. The van der Waals surface area contributed by atoms with Gasteiger partial charge in [-0.2, -0.15) is 17.5 Å². The van der Waals surface area contributed by atoms with Crippen LogP contribution >= 0.6 is 11.6 Å². The molecule has 0 bridgehead atoms. The Morgan fingerprint density at radius 2 is 1.86 bits per heavy atom. The summed E-state index contributed by atoms with van der Waals surface area (Å²) in [6.07, 6.45) is -6.80. The molecule has 1 fully saturated rings. The van der Waals surface area contributed by atoms with E-state index in [0.717, 1.165) is 18.3 Å². The number of halogens is 4. The van der Waals surface area contributed by atoms with Crippen LogP contribution in [-0.2, 0) is 14.8 Å². The fourth-order valence-corrected chi connectivity index (χ4v) is 5.42. The number of nitrogens with zero attached hydrogens (tertiary/aromatic N) is 2. The maximum atomic E-state index is 13.5. The van der Waals surface area contributed by atoms with Crippen molar-refractivity contribution in [2.75, 3.05) is 31.6 Å². The maximum Gasteiger partial charge on any atom is 0.418 e. The monoisotopic (exact) mass is 545 g/mol. The van der Waals surface area contributed by atoms with Gasteiger partial charge in [-0.1, -0.05) is 17.7 Å². The van der Waals surface area contributed by atoms with Crippen LogP contribution in [0.3, 0.4) is 0 Å². The van der Waals surface area contributed by atoms with E-state index >= 15 is 0 Å². The molecule has 2 aromatic carbocycles. The highest BCUT2D eigenvalue weighted by Crippen LogP contribution is 2.38. The first kappa shape index (κ1) is 26.1. The molecule has 4 rings (SSSR count). The number of aromatic carboxylic acids is 1. The molecule has 3 N–H and O–H groups in total. The molecule has 0 aliphatic carbocycles. The minimum absolute atomic E-state index is 0.0550. The van der Waals surface area contributed by atoms with Gasteiger partial charge >= 0.3 is 12.1 Å². The number of benzene rings is 2. The molecule has 9 nitrogen and oxygen atoms in total. The number of sulfonamides is 1. The van der Waals surface area contributed by atoms with E-state index < -0.39 is 39.4 Å². The van der Waals surface area contributed by atoms with Crippen molar-refractivity contribution in [2.24, 2.45) is 0 Å². The van der Waals surface area contributed by atoms with Gasteiger partial charge in [0, 0.05) is 29.7 Å². The molecule has 1 aliphatic heterocycles. The Morgan fingerprint density at radius 3 is 2.50 bits per heavy atom. The minimum atomic E-state index is -5.01. The molecule has 0 radical (unpaired) electrons. The largest absolute Gasteiger partial charge is 0.478 e. The Bertz CT molecular complexity index is 1430. The third-order valence-corrected chi connectivity index (χ3v) is 7.69. The molecule has 36 heavy (non-hydrogen) atoms. The Balaban J connectivity index is 1.89. The van der Waals surface area contributed by atoms with E-state index in [1.807, 2.05) is 0 Å². The second kappa shape index (κ2) is 9.82. The molecule has 0 amide bonds. The number of hydrogen-bond acceptors (Lipinski definition) is 7. The average Bonchev–Trinajstić information content (AvgIpc) is 2.83. The summed E-state index contributed by atoms with van der Waals surface area (Å²) in [6.45, 7) is 0.529. The molecule has 3 aromatic rings. The number of aliphatic hydroxyl groups is 1. The Kier molecular flexibility index (Phi) is 7.12. The molecule has 1 aromatic heterocycles. The van der Waals surface area contributed by atoms with Gasteiger partial charge in [0.1, 0.15) is 4.90 Å². The van der Waals surface area contributed by atoms with E-state index in [1.165, 1.54) is 22.5 Å². The number of hydrogen-bond donors (Lipinski definition) is 3. The SMILES string of the molecule is O=C(O)c1cc(C(O)C(F)(F)F)ccc1Nc1c(S(=O)(=O)N2CCOCC2)cnc2ccc(Cl)cc12. The van der Waals surface area contributed by atoms with Gasteiger partial charge in [-0.25, -0.2) is 13.2 Å². The summed E-state index contributed by atoms with van der Waals surface area (Å²) in [6, 6.07) is 7.11. The molecule has 0 spiro atoms. The number of pyridine rings is 1. The lowest BCUT2D eigenvalue weighted by Crippen LogP contribution is -2.40. The molecule has 14 heteroatoms. The van der Waals surface area contributed by atoms with Crippen molar-refractivity contribution in [3.8, 4) is 0 Å². The van der Waals surface area contributed by atoms with Gasteiger partial charge in [-0.3, -0.25) is 4.98 Å². The summed E-state index contributed by atoms with van der Waals surface area (Å²) < 4.78 is 72.3. The lowest BCUT2D eigenvalue weighted by molar-refractivity contribution is -0.206. The second-order valence-corrected chi connectivity index (χ2v) is 10.2. The summed E-state index contributed by atoms with van der Waals surface area (Å²) in [5.41, 5.74) is -1.22. The van der Waals surface area contributed by atoms with E-state index in [4.69, 9.17) is 16.3 Å². The van der Waals surface area contributed by atoms with Crippen LogP contribution < -0.4 is 5.32 Å². The summed E-state index contributed by atoms with van der Waals surface area (Å²) >= 11 is 6.13. The topological polar surface area (TPSA) is 129 Å². The molecular formula is C22H19ClF3N3O6S. The Labute approximate surface area is 208 Å². The van der Waals surface area contributed by atoms with Crippen LogP contribution in [0, 0.1) is 0 Å². The third-order valence-electron chi connectivity index (χ3n) is 5.54. The standard InChI is InChI=1S/C22H19ClF3N3O6S/c23-13-2-4-16-14(10-13)19(18(11-27-16)36(33,34)29-5-7-35-8-6-29)28-17-3-1-12(9-15(17)21(31)32)20(30)22(24,25)26/h1-4,9-11,20,30H,5-8H2,(H,27,28)(H,31,32). The van der Waals surface area contributed by atoms with Crippen molar-refractivity contribution in [1.29, 1.82) is 0 Å². The zero-order valence-corrected chi connectivity index (χ0v) is 19.9. The molecule has 1 aliphatic rings. The number of morpholine rings is 1. The van der Waals surface area contributed by atoms with E-state index in [-0.39, 0.29) is 53.0 Å². The first-order chi connectivity index (χ1) is 16.9. The van der Waals surface area contributed by atoms with Crippen molar-refractivity contribution in [3.63, 3.8) is 0 Å². The zero-order chi connectivity index (χ0) is 26.3. The second-order valence-electron chi connectivity index (χ2n) is 7.85. The molecule has 192 valence electrons. The molecule has 0 saturated carbocycles.